The van der Waals surface area contributed by atoms with E-state index >= 15 is 0 Å². The van der Waals surface area contributed by atoms with Gasteiger partial charge in [0.15, 0.2) is 0 Å². The Kier molecular flexibility index (Phi) is 4.36. The van der Waals surface area contributed by atoms with Gasteiger partial charge < -0.3 is 14.4 Å². The number of anilines is 1. The van der Waals surface area contributed by atoms with E-state index in [1.807, 2.05) is 19.9 Å². The predicted octanol–water partition coefficient (Wildman–Crippen LogP) is 2.82. The van der Waals surface area contributed by atoms with Gasteiger partial charge in [0.25, 0.3) is 0 Å². The fraction of sp³-hybridized carbons (Fsp3) is 0.467. The zero-order chi connectivity index (χ0) is 14.7. The largest absolute Gasteiger partial charge is 0.478 e. The van der Waals surface area contributed by atoms with Crippen LogP contribution in [0.25, 0.3) is 0 Å². The quantitative estimate of drug-likeness (QED) is 0.869. The summed E-state index contributed by atoms with van der Waals surface area (Å²) in [5.74, 6) is 2.28. The zero-order valence-electron chi connectivity index (χ0n) is 12.3. The van der Waals surface area contributed by atoms with E-state index in [4.69, 9.17) is 9.47 Å². The van der Waals surface area contributed by atoms with Crippen molar-refractivity contribution < 1.29 is 9.47 Å². The molecule has 2 aromatic rings. The van der Waals surface area contributed by atoms with Gasteiger partial charge in [-0.25, -0.2) is 4.98 Å². The van der Waals surface area contributed by atoms with Gasteiger partial charge in [-0.15, -0.1) is 11.3 Å². The summed E-state index contributed by atoms with van der Waals surface area (Å²) in [6.45, 7) is 6.81. The first-order valence-corrected chi connectivity index (χ1v) is 8.02. The van der Waals surface area contributed by atoms with Gasteiger partial charge in [0.2, 0.25) is 5.88 Å². The Morgan fingerprint density at radius 1 is 1.48 bits per heavy atom. The number of hydrogen-bond donors (Lipinski definition) is 0. The van der Waals surface area contributed by atoms with Crippen LogP contribution in [0.2, 0.25) is 0 Å². The molecule has 1 aliphatic heterocycles. The molecule has 6 heteroatoms. The van der Waals surface area contributed by atoms with E-state index in [1.165, 1.54) is 4.88 Å². The minimum absolute atomic E-state index is 0.115. The second-order valence-electron chi connectivity index (χ2n) is 4.87. The van der Waals surface area contributed by atoms with E-state index in [9.17, 15) is 0 Å². The van der Waals surface area contributed by atoms with Gasteiger partial charge in [0, 0.05) is 17.5 Å². The van der Waals surface area contributed by atoms with E-state index < -0.39 is 0 Å². The molecule has 3 rings (SSSR count). The number of ether oxygens (including phenoxy) is 2. The minimum Gasteiger partial charge on any atom is -0.478 e. The summed E-state index contributed by atoms with van der Waals surface area (Å²) in [4.78, 5) is 12.3. The van der Waals surface area contributed by atoms with E-state index in [1.54, 1.807) is 11.3 Å². The van der Waals surface area contributed by atoms with Crippen LogP contribution >= 0.6 is 11.3 Å². The third-order valence-electron chi connectivity index (χ3n) is 3.34. The average molecular weight is 305 g/mol. The molecule has 21 heavy (non-hydrogen) atoms. The Morgan fingerprint density at radius 2 is 2.38 bits per heavy atom. The summed E-state index contributed by atoms with van der Waals surface area (Å²) in [7, 11) is 0. The normalized spacial score (nSPS) is 18.8. The highest BCUT2D eigenvalue weighted by Crippen LogP contribution is 2.29. The Labute approximate surface area is 128 Å². The average Bonchev–Trinajstić information content (AvgIpc) is 3.01. The zero-order valence-corrected chi connectivity index (χ0v) is 13.1. The number of aromatic nitrogens is 2. The maximum atomic E-state index is 5.88. The summed E-state index contributed by atoms with van der Waals surface area (Å²) in [6.07, 6.45) is 0.115. The molecule has 0 aliphatic carbocycles. The van der Waals surface area contributed by atoms with Crippen molar-refractivity contribution in [2.24, 2.45) is 0 Å². The van der Waals surface area contributed by atoms with Gasteiger partial charge in [0.05, 0.1) is 19.8 Å². The van der Waals surface area contributed by atoms with Crippen LogP contribution in [0.3, 0.4) is 0 Å². The molecule has 0 amide bonds. The number of rotatable bonds is 4. The van der Waals surface area contributed by atoms with Gasteiger partial charge in [0.1, 0.15) is 17.7 Å². The van der Waals surface area contributed by atoms with Crippen LogP contribution in [0.15, 0.2) is 23.6 Å². The fourth-order valence-electron chi connectivity index (χ4n) is 2.41. The predicted molar refractivity (Wildman–Crippen MR) is 83.2 cm³/mol. The summed E-state index contributed by atoms with van der Waals surface area (Å²) in [5, 5.41) is 2.08. The highest BCUT2D eigenvalue weighted by Gasteiger charge is 2.24. The van der Waals surface area contributed by atoms with Crippen LogP contribution in [-0.4, -0.2) is 36.3 Å². The van der Waals surface area contributed by atoms with Gasteiger partial charge in [-0.3, -0.25) is 0 Å². The first kappa shape index (κ1) is 14.3. The highest BCUT2D eigenvalue weighted by molar-refractivity contribution is 7.10. The molecule has 1 unspecified atom stereocenters. The Bertz CT molecular complexity index is 589. The second kappa shape index (κ2) is 6.41. The third kappa shape index (κ3) is 3.33. The maximum absolute atomic E-state index is 5.88. The molecule has 0 radical (unpaired) electrons. The number of aryl methyl sites for hydroxylation is 1. The lowest BCUT2D eigenvalue weighted by atomic mass is 10.2. The van der Waals surface area contributed by atoms with Crippen LogP contribution in [0.5, 0.6) is 5.88 Å². The standard InChI is InChI=1S/C15H19N3O2S/c1-3-19-15-9-14(16-11(2)17-15)18-6-7-20-12(10-18)13-5-4-8-21-13/h4-5,8-9,12H,3,6-7,10H2,1-2H3. The van der Waals surface area contributed by atoms with Crippen molar-refractivity contribution >= 4 is 17.2 Å². The summed E-state index contributed by atoms with van der Waals surface area (Å²) < 4.78 is 11.4. The van der Waals surface area contributed by atoms with Crippen molar-refractivity contribution in [3.8, 4) is 5.88 Å². The number of thiophene rings is 1. The first-order valence-electron chi connectivity index (χ1n) is 7.14. The SMILES string of the molecule is CCOc1cc(N2CCOC(c3cccs3)C2)nc(C)n1. The molecular weight excluding hydrogens is 286 g/mol. The van der Waals surface area contributed by atoms with Crippen LogP contribution in [0.4, 0.5) is 5.82 Å². The van der Waals surface area contributed by atoms with E-state index in [-0.39, 0.29) is 6.10 Å². The van der Waals surface area contributed by atoms with E-state index in [2.05, 4.69) is 32.4 Å². The molecule has 5 nitrogen and oxygen atoms in total. The number of hydrogen-bond acceptors (Lipinski definition) is 6. The van der Waals surface area contributed by atoms with Gasteiger partial charge in [-0.1, -0.05) is 6.07 Å². The molecule has 0 saturated carbocycles. The molecule has 1 atom stereocenters. The summed E-state index contributed by atoms with van der Waals surface area (Å²) >= 11 is 1.73. The Balaban J connectivity index is 1.79. The third-order valence-corrected chi connectivity index (χ3v) is 4.31. The van der Waals surface area contributed by atoms with Crippen LogP contribution in [0, 0.1) is 6.92 Å². The molecule has 0 bridgehead atoms. The maximum Gasteiger partial charge on any atom is 0.218 e. The molecule has 0 aromatic carbocycles. The highest BCUT2D eigenvalue weighted by atomic mass is 32.1. The number of nitrogens with zero attached hydrogens (tertiary/aromatic N) is 3. The van der Waals surface area contributed by atoms with E-state index in [0.717, 1.165) is 24.7 Å². The molecular formula is C15H19N3O2S. The molecule has 3 heterocycles. The first-order chi connectivity index (χ1) is 10.3. The molecule has 0 N–H and O–H groups in total. The summed E-state index contributed by atoms with van der Waals surface area (Å²) in [6, 6.07) is 6.09. The monoisotopic (exact) mass is 305 g/mol. The minimum atomic E-state index is 0.115. The van der Waals surface area contributed by atoms with Gasteiger partial charge in [-0.05, 0) is 25.3 Å². The number of morpholine rings is 1. The summed E-state index contributed by atoms with van der Waals surface area (Å²) in [5.41, 5.74) is 0. The smallest absolute Gasteiger partial charge is 0.218 e. The van der Waals surface area contributed by atoms with Crippen LogP contribution in [0.1, 0.15) is 23.7 Å². The molecule has 1 aliphatic rings. The molecule has 1 fully saturated rings. The van der Waals surface area contributed by atoms with Crippen molar-refractivity contribution in [2.75, 3.05) is 31.2 Å². The topological polar surface area (TPSA) is 47.5 Å². The lowest BCUT2D eigenvalue weighted by Crippen LogP contribution is -2.38. The molecule has 1 saturated heterocycles. The van der Waals surface area contributed by atoms with Crippen molar-refractivity contribution in [2.45, 2.75) is 20.0 Å². The van der Waals surface area contributed by atoms with Gasteiger partial charge in [-0.2, -0.15) is 4.98 Å². The van der Waals surface area contributed by atoms with Crippen molar-refractivity contribution in [1.29, 1.82) is 0 Å². The Hall–Kier alpha value is -1.66. The van der Waals surface area contributed by atoms with Crippen molar-refractivity contribution in [3.05, 3.63) is 34.3 Å². The van der Waals surface area contributed by atoms with Crippen LogP contribution < -0.4 is 9.64 Å². The second-order valence-corrected chi connectivity index (χ2v) is 5.84. The van der Waals surface area contributed by atoms with Crippen molar-refractivity contribution in [1.82, 2.24) is 9.97 Å². The lowest BCUT2D eigenvalue weighted by molar-refractivity contribution is 0.0418. The lowest BCUT2D eigenvalue weighted by Gasteiger charge is -2.33. The molecule has 112 valence electrons. The van der Waals surface area contributed by atoms with Gasteiger partial charge >= 0.3 is 0 Å². The molecule has 0 spiro atoms. The molecule has 2 aromatic heterocycles. The van der Waals surface area contributed by atoms with E-state index in [0.29, 0.717) is 19.1 Å². The van der Waals surface area contributed by atoms with Crippen molar-refractivity contribution in [3.63, 3.8) is 0 Å². The fourth-order valence-corrected chi connectivity index (χ4v) is 3.18. The van der Waals surface area contributed by atoms with Crippen LogP contribution in [-0.2, 0) is 4.74 Å². The Morgan fingerprint density at radius 3 is 3.14 bits per heavy atom.